The number of hydrogen-bond acceptors (Lipinski definition) is 2. The fraction of sp³-hybridized carbons (Fsp3) is 0.385. The van der Waals surface area contributed by atoms with Crippen molar-refractivity contribution < 1.29 is 19.1 Å². The maximum absolute atomic E-state index is 13.9. The minimum Gasteiger partial charge on any atom is -0.480 e. The molecule has 0 radical (unpaired) electrons. The van der Waals surface area contributed by atoms with Gasteiger partial charge in [-0.25, -0.2) is 4.39 Å². The zero-order valence-electron chi connectivity index (χ0n) is 10.9. The van der Waals surface area contributed by atoms with E-state index in [9.17, 15) is 14.0 Å². The number of nitrogens with zero attached hydrogens (tertiary/aromatic N) is 1. The van der Waals surface area contributed by atoms with Crippen LogP contribution in [0.2, 0.25) is 5.02 Å². The van der Waals surface area contributed by atoms with E-state index in [1.54, 1.807) is 20.8 Å². The van der Waals surface area contributed by atoms with Gasteiger partial charge in [0.25, 0.3) is 5.91 Å². The van der Waals surface area contributed by atoms with Gasteiger partial charge in [0.1, 0.15) is 6.54 Å². The van der Waals surface area contributed by atoms with Crippen molar-refractivity contribution in [2.45, 2.75) is 26.8 Å². The normalized spacial score (nSPS) is 10.6. The third kappa shape index (κ3) is 3.44. The second kappa shape index (κ2) is 6.02. The molecule has 0 aliphatic carbocycles. The highest BCUT2D eigenvalue weighted by molar-refractivity contribution is 6.31. The lowest BCUT2D eigenvalue weighted by Gasteiger charge is -2.25. The molecule has 0 saturated carbocycles. The first-order valence-corrected chi connectivity index (χ1v) is 6.10. The zero-order valence-corrected chi connectivity index (χ0v) is 11.7. The lowest BCUT2D eigenvalue weighted by atomic mass is 10.1. The zero-order chi connectivity index (χ0) is 14.7. The third-order valence-corrected chi connectivity index (χ3v) is 3.16. The van der Waals surface area contributed by atoms with Gasteiger partial charge in [-0.15, -0.1) is 0 Å². The minimum atomic E-state index is -1.15. The number of amides is 1. The summed E-state index contributed by atoms with van der Waals surface area (Å²) in [6, 6.07) is 2.48. The molecule has 0 saturated heterocycles. The Morgan fingerprint density at radius 2 is 2.00 bits per heavy atom. The van der Waals surface area contributed by atoms with Crippen LogP contribution >= 0.6 is 11.6 Å². The fourth-order valence-corrected chi connectivity index (χ4v) is 1.77. The molecule has 0 heterocycles. The van der Waals surface area contributed by atoms with E-state index in [4.69, 9.17) is 16.7 Å². The molecule has 19 heavy (non-hydrogen) atoms. The first kappa shape index (κ1) is 15.4. The maximum atomic E-state index is 13.9. The molecule has 0 fully saturated rings. The molecule has 0 unspecified atom stereocenters. The number of aryl methyl sites for hydroxylation is 1. The van der Waals surface area contributed by atoms with Gasteiger partial charge in [0.15, 0.2) is 5.82 Å². The van der Waals surface area contributed by atoms with Gasteiger partial charge in [-0.1, -0.05) is 17.7 Å². The van der Waals surface area contributed by atoms with Crippen LogP contribution in [0.4, 0.5) is 4.39 Å². The smallest absolute Gasteiger partial charge is 0.323 e. The second-order valence-electron chi connectivity index (χ2n) is 4.48. The molecule has 1 aromatic rings. The highest BCUT2D eigenvalue weighted by Gasteiger charge is 2.25. The summed E-state index contributed by atoms with van der Waals surface area (Å²) in [5.74, 6) is -2.65. The van der Waals surface area contributed by atoms with Crippen LogP contribution in [0.25, 0.3) is 0 Å². The minimum absolute atomic E-state index is 0.120. The Morgan fingerprint density at radius 3 is 2.47 bits per heavy atom. The van der Waals surface area contributed by atoms with Crippen molar-refractivity contribution in [2.75, 3.05) is 6.54 Å². The largest absolute Gasteiger partial charge is 0.480 e. The van der Waals surface area contributed by atoms with Crippen molar-refractivity contribution in [1.29, 1.82) is 0 Å². The molecule has 0 spiro atoms. The van der Waals surface area contributed by atoms with Crippen LogP contribution in [-0.4, -0.2) is 34.5 Å². The Balaban J connectivity index is 3.17. The highest BCUT2D eigenvalue weighted by atomic mass is 35.5. The summed E-state index contributed by atoms with van der Waals surface area (Å²) >= 11 is 5.75. The van der Waals surface area contributed by atoms with E-state index in [0.717, 1.165) is 4.90 Å². The number of halogens is 2. The van der Waals surface area contributed by atoms with E-state index in [2.05, 4.69) is 0 Å². The molecule has 4 nitrogen and oxygen atoms in total. The molecule has 0 aromatic heterocycles. The van der Waals surface area contributed by atoms with Crippen molar-refractivity contribution >= 4 is 23.5 Å². The molecule has 1 aromatic carbocycles. The second-order valence-corrected chi connectivity index (χ2v) is 4.86. The third-order valence-electron chi connectivity index (χ3n) is 2.70. The van der Waals surface area contributed by atoms with Crippen molar-refractivity contribution in [3.05, 3.63) is 34.1 Å². The summed E-state index contributed by atoms with van der Waals surface area (Å²) in [5.41, 5.74) is 0.301. The number of carboxylic acids is 1. The van der Waals surface area contributed by atoms with Gasteiger partial charge in [-0.2, -0.15) is 0 Å². The van der Waals surface area contributed by atoms with E-state index >= 15 is 0 Å². The first-order chi connectivity index (χ1) is 8.75. The Kier molecular flexibility index (Phi) is 4.89. The molecular weight excluding hydrogens is 273 g/mol. The van der Waals surface area contributed by atoms with Gasteiger partial charge in [0.05, 0.1) is 10.6 Å². The first-order valence-electron chi connectivity index (χ1n) is 5.73. The van der Waals surface area contributed by atoms with E-state index in [0.29, 0.717) is 5.56 Å². The molecule has 1 rings (SSSR count). The molecule has 1 N–H and O–H groups in total. The molecule has 0 bridgehead atoms. The van der Waals surface area contributed by atoms with Gasteiger partial charge >= 0.3 is 5.97 Å². The molecule has 0 aliphatic rings. The van der Waals surface area contributed by atoms with Crippen molar-refractivity contribution in [1.82, 2.24) is 4.90 Å². The van der Waals surface area contributed by atoms with Crippen LogP contribution in [0, 0.1) is 12.7 Å². The topological polar surface area (TPSA) is 57.6 Å². The Hall–Kier alpha value is -1.62. The maximum Gasteiger partial charge on any atom is 0.323 e. The van der Waals surface area contributed by atoms with Crippen LogP contribution in [-0.2, 0) is 4.79 Å². The number of carbonyl (C=O) groups excluding carboxylic acids is 1. The van der Waals surface area contributed by atoms with Crippen LogP contribution in [0.5, 0.6) is 0 Å². The van der Waals surface area contributed by atoms with Crippen LogP contribution in [0.3, 0.4) is 0 Å². The number of benzene rings is 1. The van der Waals surface area contributed by atoms with Crippen molar-refractivity contribution in [3.8, 4) is 0 Å². The summed E-state index contributed by atoms with van der Waals surface area (Å²) in [4.78, 5) is 24.0. The summed E-state index contributed by atoms with van der Waals surface area (Å²) in [6.45, 7) is 4.46. The monoisotopic (exact) mass is 287 g/mol. The van der Waals surface area contributed by atoms with Gasteiger partial charge in [-0.3, -0.25) is 9.59 Å². The van der Waals surface area contributed by atoms with E-state index in [1.807, 2.05) is 0 Å². The molecule has 0 atom stereocenters. The number of aliphatic carboxylic acids is 1. The molecule has 1 amide bonds. The van der Waals surface area contributed by atoms with E-state index in [-0.39, 0.29) is 16.6 Å². The standard InChI is InChI=1S/C13H15ClFNO3/c1-7(2)16(6-10(17)18)13(19)9-5-4-8(3)11(14)12(9)15/h4-5,7H,6H2,1-3H3,(H,17,18). The number of carboxylic acid groups (broad SMARTS) is 1. The Bertz CT molecular complexity index is 517. The highest BCUT2D eigenvalue weighted by Crippen LogP contribution is 2.24. The van der Waals surface area contributed by atoms with Crippen LogP contribution in [0.1, 0.15) is 29.8 Å². The van der Waals surface area contributed by atoms with E-state index in [1.165, 1.54) is 12.1 Å². The summed E-state index contributed by atoms with van der Waals surface area (Å²) < 4.78 is 13.9. The van der Waals surface area contributed by atoms with Gasteiger partial charge in [0, 0.05) is 6.04 Å². The lowest BCUT2D eigenvalue weighted by Crippen LogP contribution is -2.41. The average Bonchev–Trinajstić information content (AvgIpc) is 2.32. The van der Waals surface area contributed by atoms with E-state index < -0.39 is 24.2 Å². The SMILES string of the molecule is Cc1ccc(C(=O)N(CC(=O)O)C(C)C)c(F)c1Cl. The molecule has 6 heteroatoms. The number of rotatable bonds is 4. The summed E-state index contributed by atoms with van der Waals surface area (Å²) in [5, 5.41) is 8.66. The Morgan fingerprint density at radius 1 is 1.42 bits per heavy atom. The van der Waals surface area contributed by atoms with Crippen LogP contribution < -0.4 is 0 Å². The number of hydrogen-bond donors (Lipinski definition) is 1. The molecule has 0 aliphatic heterocycles. The summed E-state index contributed by atoms with van der Waals surface area (Å²) in [7, 11) is 0. The fourth-order valence-electron chi connectivity index (χ4n) is 1.60. The van der Waals surface area contributed by atoms with Crippen molar-refractivity contribution in [3.63, 3.8) is 0 Å². The predicted octanol–water partition coefficient (Wildman–Crippen LogP) is 2.72. The van der Waals surface area contributed by atoms with Gasteiger partial charge in [0.2, 0.25) is 0 Å². The van der Waals surface area contributed by atoms with Crippen molar-refractivity contribution in [2.24, 2.45) is 0 Å². The Labute approximate surface area is 115 Å². The number of carbonyl (C=O) groups is 2. The summed E-state index contributed by atoms with van der Waals surface area (Å²) in [6.07, 6.45) is 0. The molecule has 104 valence electrons. The van der Waals surface area contributed by atoms with Crippen LogP contribution in [0.15, 0.2) is 12.1 Å². The molecular formula is C13H15ClFNO3. The quantitative estimate of drug-likeness (QED) is 0.926. The predicted molar refractivity (Wildman–Crippen MR) is 70.0 cm³/mol. The average molecular weight is 288 g/mol. The van der Waals surface area contributed by atoms with Gasteiger partial charge in [-0.05, 0) is 32.4 Å². The van der Waals surface area contributed by atoms with Gasteiger partial charge < -0.3 is 10.0 Å². The lowest BCUT2D eigenvalue weighted by molar-refractivity contribution is -0.138.